The highest BCUT2D eigenvalue weighted by atomic mass is 16.5. The van der Waals surface area contributed by atoms with Gasteiger partial charge in [0.25, 0.3) is 0 Å². The number of esters is 1. The number of hydrogen-bond donors (Lipinski definition) is 0. The molecule has 3 aromatic carbocycles. The molecule has 0 unspecified atom stereocenters. The molecule has 0 saturated carbocycles. The highest BCUT2D eigenvalue weighted by Crippen LogP contribution is 2.35. The molecule has 0 aromatic heterocycles. The van der Waals surface area contributed by atoms with E-state index >= 15 is 0 Å². The number of benzene rings is 3. The van der Waals surface area contributed by atoms with Crippen molar-refractivity contribution in [2.24, 2.45) is 0 Å². The maximum atomic E-state index is 12.8. The molecule has 7 heteroatoms. The summed E-state index contributed by atoms with van der Waals surface area (Å²) in [5.74, 6) is 0.955. The third-order valence-electron chi connectivity index (χ3n) is 5.76. The molecule has 180 valence electrons. The zero-order valence-electron chi connectivity index (χ0n) is 20.2. The monoisotopic (exact) mass is 473 g/mol. The summed E-state index contributed by atoms with van der Waals surface area (Å²) in [7, 11) is 3.01. The van der Waals surface area contributed by atoms with Crippen LogP contribution >= 0.6 is 0 Å². The maximum absolute atomic E-state index is 12.8. The molecule has 7 nitrogen and oxygen atoms in total. The molecule has 1 heterocycles. The van der Waals surface area contributed by atoms with Crippen LogP contribution < -0.4 is 23.8 Å². The first-order chi connectivity index (χ1) is 16.9. The van der Waals surface area contributed by atoms with Gasteiger partial charge in [0.2, 0.25) is 5.78 Å². The predicted octanol–water partition coefficient (Wildman–Crippen LogP) is 5.39. The Morgan fingerprint density at radius 1 is 0.886 bits per heavy atom. The predicted molar refractivity (Wildman–Crippen MR) is 134 cm³/mol. The van der Waals surface area contributed by atoms with Gasteiger partial charge in [-0.3, -0.25) is 4.79 Å². The van der Waals surface area contributed by atoms with Crippen molar-refractivity contribution < 1.29 is 28.5 Å². The van der Waals surface area contributed by atoms with Crippen LogP contribution in [0.5, 0.6) is 23.0 Å². The summed E-state index contributed by atoms with van der Waals surface area (Å²) in [5, 5.41) is 0. The molecule has 0 atom stereocenters. The van der Waals surface area contributed by atoms with Gasteiger partial charge in [-0.2, -0.15) is 0 Å². The smallest absolute Gasteiger partial charge is 0.343 e. The molecule has 0 N–H and O–H groups in total. The van der Waals surface area contributed by atoms with Crippen LogP contribution in [0.1, 0.15) is 40.1 Å². The first kappa shape index (κ1) is 23.9. The molecule has 0 fully saturated rings. The minimum Gasteiger partial charge on any atom is -0.497 e. The van der Waals surface area contributed by atoms with Crippen LogP contribution in [0.3, 0.4) is 0 Å². The van der Waals surface area contributed by atoms with Crippen LogP contribution in [-0.4, -0.2) is 39.1 Å². The average molecular weight is 474 g/mol. The van der Waals surface area contributed by atoms with Crippen molar-refractivity contribution in [3.8, 4) is 23.0 Å². The van der Waals surface area contributed by atoms with Crippen molar-refractivity contribution in [1.29, 1.82) is 0 Å². The normalized spacial score (nSPS) is 13.3. The number of fused-ring (bicyclic) bond motifs is 1. The topological polar surface area (TPSA) is 74.3 Å². The zero-order valence-corrected chi connectivity index (χ0v) is 20.2. The number of nitrogens with zero attached hydrogens (tertiary/aromatic N) is 1. The molecular weight excluding hydrogens is 446 g/mol. The molecule has 0 aliphatic carbocycles. The fraction of sp³-hybridized carbons (Fsp3) is 0.214. The van der Waals surface area contributed by atoms with Crippen LogP contribution in [0, 0.1) is 0 Å². The van der Waals surface area contributed by atoms with Gasteiger partial charge in [0.1, 0.15) is 23.0 Å². The van der Waals surface area contributed by atoms with E-state index < -0.39 is 5.97 Å². The van der Waals surface area contributed by atoms with Crippen LogP contribution in [-0.2, 0) is 0 Å². The first-order valence-electron chi connectivity index (χ1n) is 11.3. The third kappa shape index (κ3) is 5.14. The Bertz CT molecular complexity index is 1250. The van der Waals surface area contributed by atoms with Gasteiger partial charge >= 0.3 is 5.97 Å². The summed E-state index contributed by atoms with van der Waals surface area (Å²) < 4.78 is 21.7. The summed E-state index contributed by atoms with van der Waals surface area (Å²) >= 11 is 0. The fourth-order valence-electron chi connectivity index (χ4n) is 3.84. The molecule has 0 saturated heterocycles. The van der Waals surface area contributed by atoms with E-state index in [4.69, 9.17) is 18.9 Å². The minimum atomic E-state index is -0.587. The number of carbonyl (C=O) groups excluding carboxylic acids is 2. The van der Waals surface area contributed by atoms with Gasteiger partial charge in [0.15, 0.2) is 5.76 Å². The molecular formula is C28H27NO6. The van der Waals surface area contributed by atoms with Crippen LogP contribution in [0.2, 0.25) is 0 Å². The van der Waals surface area contributed by atoms with Gasteiger partial charge in [0.05, 0.1) is 25.3 Å². The van der Waals surface area contributed by atoms with Gasteiger partial charge in [-0.05, 0) is 61.9 Å². The van der Waals surface area contributed by atoms with E-state index in [2.05, 4.69) is 18.7 Å². The summed E-state index contributed by atoms with van der Waals surface area (Å²) in [5.41, 5.74) is 2.67. The SMILES string of the molecule is CCN(CC)c1ccc(/C=C2\Oc3cc(OC(=O)c4cc(OC)cc(OC)c4)ccc3C2=O)cc1. The second-order valence-electron chi connectivity index (χ2n) is 7.85. The summed E-state index contributed by atoms with van der Waals surface area (Å²) in [6.45, 7) is 6.07. The first-order valence-corrected chi connectivity index (χ1v) is 11.3. The van der Waals surface area contributed by atoms with E-state index in [0.29, 0.717) is 22.8 Å². The van der Waals surface area contributed by atoms with Crippen molar-refractivity contribution in [2.45, 2.75) is 13.8 Å². The molecule has 4 rings (SSSR count). The molecule has 35 heavy (non-hydrogen) atoms. The van der Waals surface area contributed by atoms with Crippen molar-refractivity contribution in [3.05, 3.63) is 83.1 Å². The van der Waals surface area contributed by atoms with Crippen molar-refractivity contribution in [1.82, 2.24) is 0 Å². The number of anilines is 1. The Balaban J connectivity index is 1.51. The van der Waals surface area contributed by atoms with Gasteiger partial charge in [-0.25, -0.2) is 4.79 Å². The van der Waals surface area contributed by atoms with E-state index in [1.54, 1.807) is 36.4 Å². The Morgan fingerprint density at radius 2 is 1.54 bits per heavy atom. The van der Waals surface area contributed by atoms with Gasteiger partial charge < -0.3 is 23.8 Å². The lowest BCUT2D eigenvalue weighted by Gasteiger charge is -2.20. The van der Waals surface area contributed by atoms with Crippen LogP contribution in [0.4, 0.5) is 5.69 Å². The second kappa shape index (κ2) is 10.3. The van der Waals surface area contributed by atoms with Gasteiger partial charge in [0, 0.05) is 30.9 Å². The van der Waals surface area contributed by atoms with Gasteiger partial charge in [-0.15, -0.1) is 0 Å². The Morgan fingerprint density at radius 3 is 2.14 bits per heavy atom. The zero-order chi connectivity index (χ0) is 24.9. The summed E-state index contributed by atoms with van der Waals surface area (Å²) in [6, 6.07) is 17.4. The Kier molecular flexibility index (Phi) is 7.06. The molecule has 0 radical (unpaired) electrons. The van der Waals surface area contributed by atoms with Crippen molar-refractivity contribution in [3.63, 3.8) is 0 Å². The second-order valence-corrected chi connectivity index (χ2v) is 7.85. The summed E-state index contributed by atoms with van der Waals surface area (Å²) in [6.07, 6.45) is 1.71. The quantitative estimate of drug-likeness (QED) is 0.247. The van der Waals surface area contributed by atoms with Gasteiger partial charge in [-0.1, -0.05) is 12.1 Å². The molecule has 0 amide bonds. The number of carbonyl (C=O) groups is 2. The summed E-state index contributed by atoms with van der Waals surface area (Å²) in [4.78, 5) is 27.8. The van der Waals surface area contributed by atoms with Crippen LogP contribution in [0.25, 0.3) is 6.08 Å². The fourth-order valence-corrected chi connectivity index (χ4v) is 3.84. The molecule has 0 spiro atoms. The number of Topliss-reactive ketones (excluding diaryl/α,β-unsaturated/α-hetero) is 1. The standard InChI is InChI=1S/C28H27NO6/c1-5-29(6-2)20-9-7-18(8-10-20)13-26-27(30)24-12-11-21(17-25(24)35-26)34-28(31)19-14-22(32-3)16-23(15-19)33-4/h7-17H,5-6H2,1-4H3/b26-13-. The largest absolute Gasteiger partial charge is 0.497 e. The van der Waals surface area contributed by atoms with E-state index in [9.17, 15) is 9.59 Å². The lowest BCUT2D eigenvalue weighted by Crippen LogP contribution is -2.21. The number of allylic oxidation sites excluding steroid dienone is 1. The van der Waals surface area contributed by atoms with E-state index in [1.807, 2.05) is 24.3 Å². The number of methoxy groups -OCH3 is 2. The lowest BCUT2D eigenvalue weighted by atomic mass is 10.1. The number of rotatable bonds is 8. The highest BCUT2D eigenvalue weighted by molar-refractivity contribution is 6.14. The van der Waals surface area contributed by atoms with Crippen LogP contribution in [0.15, 0.2) is 66.4 Å². The molecule has 1 aliphatic rings. The number of ketones is 1. The van der Waals surface area contributed by atoms with E-state index in [-0.39, 0.29) is 22.9 Å². The van der Waals surface area contributed by atoms with E-state index in [1.165, 1.54) is 20.3 Å². The van der Waals surface area contributed by atoms with Crippen molar-refractivity contribution in [2.75, 3.05) is 32.2 Å². The average Bonchev–Trinajstić information content (AvgIpc) is 3.19. The van der Waals surface area contributed by atoms with E-state index in [0.717, 1.165) is 24.3 Å². The third-order valence-corrected chi connectivity index (χ3v) is 5.76. The lowest BCUT2D eigenvalue weighted by molar-refractivity contribution is 0.0733. The molecule has 3 aromatic rings. The maximum Gasteiger partial charge on any atom is 0.343 e. The Hall–Kier alpha value is -4.26. The van der Waals surface area contributed by atoms with Crippen molar-refractivity contribution >= 4 is 23.5 Å². The number of hydrogen-bond acceptors (Lipinski definition) is 7. The molecule has 1 aliphatic heterocycles. The molecule has 0 bridgehead atoms. The highest BCUT2D eigenvalue weighted by Gasteiger charge is 2.28. The Labute approximate surface area is 204 Å². The number of ether oxygens (including phenoxy) is 4. The minimum absolute atomic E-state index is 0.219.